The first-order valence-electron chi connectivity index (χ1n) is 11.0. The van der Waals surface area contributed by atoms with E-state index in [2.05, 4.69) is 11.9 Å². The van der Waals surface area contributed by atoms with Gasteiger partial charge in [-0.3, -0.25) is 9.59 Å². The van der Waals surface area contributed by atoms with E-state index in [4.69, 9.17) is 15.6 Å². The molecule has 168 valence electrons. The van der Waals surface area contributed by atoms with Gasteiger partial charge < -0.3 is 20.7 Å². The lowest BCUT2D eigenvalue weighted by Crippen LogP contribution is -2.48. The van der Waals surface area contributed by atoms with Crippen molar-refractivity contribution in [2.24, 2.45) is 11.7 Å². The maximum Gasteiger partial charge on any atom is 0.254 e. The molecule has 2 aromatic carbocycles. The van der Waals surface area contributed by atoms with Gasteiger partial charge in [-0.15, -0.1) is 0 Å². The Morgan fingerprint density at radius 1 is 1.12 bits per heavy atom. The Morgan fingerprint density at radius 3 is 2.55 bits per heavy atom. The summed E-state index contributed by atoms with van der Waals surface area (Å²) in [5, 5.41) is 8.15. The summed E-state index contributed by atoms with van der Waals surface area (Å²) < 4.78 is 7.75. The maximum absolute atomic E-state index is 12.4. The number of hydrogen-bond acceptors (Lipinski definition) is 5. The average Bonchev–Trinajstić information content (AvgIpc) is 3.24. The van der Waals surface area contributed by atoms with Crippen LogP contribution in [-0.4, -0.2) is 46.1 Å². The number of nitrogens with zero attached hydrogens (tertiary/aromatic N) is 3. The molecule has 1 aromatic heterocycles. The Hall–Kier alpha value is -4.07. The van der Waals surface area contributed by atoms with E-state index < -0.39 is 5.91 Å². The van der Waals surface area contributed by atoms with Gasteiger partial charge in [-0.05, 0) is 48.9 Å². The normalized spacial score (nSPS) is 19.1. The minimum Gasteiger partial charge on any atom is -0.457 e. The van der Waals surface area contributed by atoms with E-state index in [1.807, 2.05) is 64.2 Å². The number of carbonyl (C=O) groups excluding carboxylic acids is 2. The number of carbonyl (C=O) groups is 2. The molecule has 1 fully saturated rings. The van der Waals surface area contributed by atoms with Crippen molar-refractivity contribution < 1.29 is 14.3 Å². The van der Waals surface area contributed by atoms with Crippen molar-refractivity contribution in [1.29, 1.82) is 0 Å². The van der Waals surface area contributed by atoms with Crippen LogP contribution in [0.15, 0.2) is 67.3 Å². The first-order chi connectivity index (χ1) is 16.0. The lowest BCUT2D eigenvalue weighted by atomic mass is 9.90. The van der Waals surface area contributed by atoms with Crippen molar-refractivity contribution in [2.75, 3.05) is 25.0 Å². The van der Waals surface area contributed by atoms with Gasteiger partial charge in [0, 0.05) is 31.1 Å². The van der Waals surface area contributed by atoms with Gasteiger partial charge in [-0.1, -0.05) is 24.8 Å². The van der Waals surface area contributed by atoms with Crippen LogP contribution in [0, 0.1) is 5.92 Å². The van der Waals surface area contributed by atoms with E-state index in [1.165, 1.54) is 6.08 Å². The third kappa shape index (κ3) is 3.84. The number of benzene rings is 2. The van der Waals surface area contributed by atoms with Crippen molar-refractivity contribution >= 4 is 17.6 Å². The standard InChI is InChI=1S/C25H25N5O3/c1-2-21(31)29-13-12-20-17(15-29)14-27-25-22(24(26)32)23(28-30(20)25)16-8-10-19(11-9-16)33-18-6-4-3-5-7-18/h2-11,17,20,27H,1,12-15H2,(H2,26,32)/t17?,20-/m1/s1. The molecular formula is C25H25N5O3. The van der Waals surface area contributed by atoms with Crippen molar-refractivity contribution in [1.82, 2.24) is 14.7 Å². The molecule has 3 N–H and O–H groups in total. The number of nitrogens with two attached hydrogens (primary N) is 1. The third-order valence-corrected chi connectivity index (χ3v) is 6.29. The van der Waals surface area contributed by atoms with Crippen LogP contribution in [0.4, 0.5) is 5.82 Å². The molecular weight excluding hydrogens is 418 g/mol. The summed E-state index contributed by atoms with van der Waals surface area (Å²) in [5.41, 5.74) is 7.49. The monoisotopic (exact) mass is 443 g/mol. The number of nitrogens with one attached hydrogen (secondary N) is 1. The van der Waals surface area contributed by atoms with Gasteiger partial charge in [-0.2, -0.15) is 5.10 Å². The van der Waals surface area contributed by atoms with Crippen LogP contribution in [0.3, 0.4) is 0 Å². The predicted octanol–water partition coefficient (Wildman–Crippen LogP) is 3.44. The summed E-state index contributed by atoms with van der Waals surface area (Å²) in [6.07, 6.45) is 2.10. The summed E-state index contributed by atoms with van der Waals surface area (Å²) in [6, 6.07) is 17.1. The highest BCUT2D eigenvalue weighted by Crippen LogP contribution is 2.40. The molecule has 2 amide bonds. The molecule has 0 radical (unpaired) electrons. The Labute approximate surface area is 191 Å². The van der Waals surface area contributed by atoms with Gasteiger partial charge >= 0.3 is 0 Å². The van der Waals surface area contributed by atoms with Crippen LogP contribution in [0.1, 0.15) is 22.8 Å². The fraction of sp³-hybridized carbons (Fsp3) is 0.240. The van der Waals surface area contributed by atoms with Gasteiger partial charge in [0.05, 0.1) is 6.04 Å². The number of aromatic nitrogens is 2. The quantitative estimate of drug-likeness (QED) is 0.588. The Balaban J connectivity index is 1.44. The number of piperidine rings is 1. The zero-order chi connectivity index (χ0) is 22.9. The number of anilines is 1. The first kappa shape index (κ1) is 20.8. The molecule has 8 nitrogen and oxygen atoms in total. The lowest BCUT2D eigenvalue weighted by molar-refractivity contribution is -0.128. The van der Waals surface area contributed by atoms with Crippen LogP contribution < -0.4 is 15.8 Å². The zero-order valence-electron chi connectivity index (χ0n) is 18.1. The summed E-state index contributed by atoms with van der Waals surface area (Å²) in [5.74, 6) is 1.68. The first-order valence-corrected chi connectivity index (χ1v) is 11.0. The van der Waals surface area contributed by atoms with Gasteiger partial charge in [0.2, 0.25) is 5.91 Å². The topological polar surface area (TPSA) is 102 Å². The average molecular weight is 444 g/mol. The lowest BCUT2D eigenvalue weighted by Gasteiger charge is -2.41. The van der Waals surface area contributed by atoms with Crippen molar-refractivity contribution in [3.05, 3.63) is 72.8 Å². The Bertz CT molecular complexity index is 1200. The van der Waals surface area contributed by atoms with E-state index in [1.54, 1.807) is 0 Å². The molecule has 0 aliphatic carbocycles. The number of primary amides is 1. The molecule has 2 aliphatic heterocycles. The second-order valence-corrected chi connectivity index (χ2v) is 8.31. The third-order valence-electron chi connectivity index (χ3n) is 6.29. The van der Waals surface area contributed by atoms with Crippen molar-refractivity contribution in [3.63, 3.8) is 0 Å². The molecule has 2 atom stereocenters. The van der Waals surface area contributed by atoms with Crippen LogP contribution in [0.5, 0.6) is 11.5 Å². The second-order valence-electron chi connectivity index (χ2n) is 8.31. The smallest absolute Gasteiger partial charge is 0.254 e. The molecule has 0 spiro atoms. The van der Waals surface area contributed by atoms with Crippen LogP contribution >= 0.6 is 0 Å². The molecule has 5 rings (SSSR count). The number of hydrogen-bond donors (Lipinski definition) is 2. The van der Waals surface area contributed by atoms with E-state index in [-0.39, 0.29) is 17.9 Å². The number of para-hydroxylation sites is 1. The molecule has 0 bridgehead atoms. The number of amides is 2. The highest BCUT2D eigenvalue weighted by atomic mass is 16.5. The van der Waals surface area contributed by atoms with E-state index in [0.29, 0.717) is 42.5 Å². The van der Waals surface area contributed by atoms with Crippen LogP contribution in [0.25, 0.3) is 11.3 Å². The van der Waals surface area contributed by atoms with E-state index in [9.17, 15) is 9.59 Å². The number of rotatable bonds is 5. The van der Waals surface area contributed by atoms with Crippen molar-refractivity contribution in [3.8, 4) is 22.8 Å². The largest absolute Gasteiger partial charge is 0.457 e. The second kappa shape index (κ2) is 8.46. The van der Waals surface area contributed by atoms with Gasteiger partial charge in [0.1, 0.15) is 28.6 Å². The molecule has 0 saturated carbocycles. The summed E-state index contributed by atoms with van der Waals surface area (Å²) in [7, 11) is 0. The maximum atomic E-state index is 12.4. The summed E-state index contributed by atoms with van der Waals surface area (Å²) in [4.78, 5) is 26.3. The van der Waals surface area contributed by atoms with Gasteiger partial charge in [-0.25, -0.2) is 4.68 Å². The fourth-order valence-corrected chi connectivity index (χ4v) is 4.68. The molecule has 1 saturated heterocycles. The molecule has 8 heteroatoms. The molecule has 3 heterocycles. The highest BCUT2D eigenvalue weighted by molar-refractivity contribution is 6.04. The van der Waals surface area contributed by atoms with Crippen molar-refractivity contribution in [2.45, 2.75) is 12.5 Å². The number of likely N-dealkylation sites (tertiary alicyclic amines) is 1. The minimum atomic E-state index is -0.527. The predicted molar refractivity (Wildman–Crippen MR) is 125 cm³/mol. The van der Waals surface area contributed by atoms with E-state index in [0.717, 1.165) is 17.7 Å². The number of fused-ring (bicyclic) bond motifs is 3. The molecule has 33 heavy (non-hydrogen) atoms. The Kier molecular flexibility index (Phi) is 5.34. The van der Waals surface area contributed by atoms with E-state index >= 15 is 0 Å². The number of ether oxygens (including phenoxy) is 1. The van der Waals surface area contributed by atoms with Gasteiger partial charge in [0.25, 0.3) is 5.91 Å². The SMILES string of the molecule is C=CC(=O)N1CC[C@@H]2C(CNc3c(C(N)=O)c(-c4ccc(Oc5ccccc5)cc4)nn32)C1. The zero-order valence-corrected chi connectivity index (χ0v) is 18.1. The highest BCUT2D eigenvalue weighted by Gasteiger charge is 2.39. The molecule has 1 unspecified atom stereocenters. The molecule has 3 aromatic rings. The minimum absolute atomic E-state index is 0.0592. The van der Waals surface area contributed by atoms with Gasteiger partial charge in [0.15, 0.2) is 0 Å². The summed E-state index contributed by atoms with van der Waals surface area (Å²) >= 11 is 0. The van der Waals surface area contributed by atoms with Crippen LogP contribution in [-0.2, 0) is 4.79 Å². The van der Waals surface area contributed by atoms with Crippen LogP contribution in [0.2, 0.25) is 0 Å². The molecule has 2 aliphatic rings. The fourth-order valence-electron chi connectivity index (χ4n) is 4.68. The Morgan fingerprint density at radius 2 is 1.85 bits per heavy atom. The summed E-state index contributed by atoms with van der Waals surface area (Å²) in [6.45, 7) is 5.47.